The lowest BCUT2D eigenvalue weighted by atomic mass is 10.0. The predicted molar refractivity (Wildman–Crippen MR) is 111 cm³/mol. The van der Waals surface area contributed by atoms with Gasteiger partial charge in [-0.25, -0.2) is 0 Å². The van der Waals surface area contributed by atoms with Crippen LogP contribution in [0.15, 0.2) is 48.5 Å². The third kappa shape index (κ3) is 4.48. The van der Waals surface area contributed by atoms with Crippen LogP contribution in [0, 0.1) is 0 Å². The van der Waals surface area contributed by atoms with E-state index in [9.17, 15) is 4.79 Å². The summed E-state index contributed by atoms with van der Waals surface area (Å²) in [4.78, 5) is 15.3. The molecule has 2 aromatic carbocycles. The molecule has 2 aliphatic heterocycles. The molecule has 1 N–H and O–H groups in total. The Balaban J connectivity index is 1.46. The number of rotatable bonds is 6. The molecule has 0 aromatic heterocycles. The highest BCUT2D eigenvalue weighted by Gasteiger charge is 2.30. The molecule has 2 heterocycles. The van der Waals surface area contributed by atoms with Crippen LogP contribution in [0.3, 0.4) is 0 Å². The molecule has 29 heavy (non-hydrogen) atoms. The van der Waals surface area contributed by atoms with Crippen molar-refractivity contribution in [2.24, 2.45) is 0 Å². The largest absolute Gasteiger partial charge is 0.496 e. The van der Waals surface area contributed by atoms with Crippen LogP contribution in [-0.4, -0.2) is 50.3 Å². The van der Waals surface area contributed by atoms with E-state index >= 15 is 0 Å². The lowest BCUT2D eigenvalue weighted by Crippen LogP contribution is -2.47. The number of carbonyl (C=O) groups is 1. The lowest BCUT2D eigenvalue weighted by molar-refractivity contribution is -0.130. The molecule has 2 aromatic rings. The number of benzene rings is 2. The summed E-state index contributed by atoms with van der Waals surface area (Å²) in [6, 6.07) is 15.5. The number of nitrogens with zero attached hydrogens (tertiary/aromatic N) is 1. The number of likely N-dealkylation sites (tertiary alicyclic amines) is 1. The molecule has 6 nitrogen and oxygen atoms in total. The average Bonchev–Trinajstić information content (AvgIpc) is 2.79. The zero-order valence-electron chi connectivity index (χ0n) is 16.8. The maximum absolute atomic E-state index is 12.8. The van der Waals surface area contributed by atoms with Gasteiger partial charge in [0.05, 0.1) is 13.2 Å². The Morgan fingerprint density at radius 1 is 1.10 bits per heavy atom. The molecule has 0 bridgehead atoms. The Morgan fingerprint density at radius 2 is 1.83 bits per heavy atom. The molecule has 4 rings (SSSR count). The maximum atomic E-state index is 12.8. The van der Waals surface area contributed by atoms with Gasteiger partial charge in [-0.2, -0.15) is 0 Å². The van der Waals surface area contributed by atoms with E-state index in [0.29, 0.717) is 18.0 Å². The molecular formula is C23H28N2O4. The van der Waals surface area contributed by atoms with Crippen molar-refractivity contribution >= 4 is 5.91 Å². The normalized spacial score (nSPS) is 20.0. The van der Waals surface area contributed by atoms with Crippen molar-refractivity contribution < 1.29 is 19.0 Å². The van der Waals surface area contributed by atoms with Gasteiger partial charge in [0.2, 0.25) is 6.10 Å². The van der Waals surface area contributed by atoms with Crippen LogP contribution in [0.5, 0.6) is 17.2 Å². The van der Waals surface area contributed by atoms with Crippen molar-refractivity contribution in [2.75, 3.05) is 33.4 Å². The molecule has 1 fully saturated rings. The Morgan fingerprint density at radius 3 is 2.62 bits per heavy atom. The minimum atomic E-state index is -0.649. The van der Waals surface area contributed by atoms with E-state index in [0.717, 1.165) is 24.4 Å². The van der Waals surface area contributed by atoms with Crippen molar-refractivity contribution in [1.29, 1.82) is 0 Å². The van der Waals surface area contributed by atoms with Crippen LogP contribution in [0.4, 0.5) is 0 Å². The number of fused-ring (bicyclic) bond motifs is 1. The number of hydrogen-bond donors (Lipinski definition) is 1. The quantitative estimate of drug-likeness (QED) is 0.813. The summed E-state index contributed by atoms with van der Waals surface area (Å²) in [5.74, 6) is 1.98. The smallest absolute Gasteiger partial charge is 0.264 e. The first-order valence-corrected chi connectivity index (χ1v) is 10.3. The molecule has 0 radical (unpaired) electrons. The topological polar surface area (TPSA) is 60.0 Å². The zero-order valence-corrected chi connectivity index (χ0v) is 16.8. The summed E-state index contributed by atoms with van der Waals surface area (Å²) >= 11 is 0. The van der Waals surface area contributed by atoms with E-state index in [1.807, 2.05) is 42.5 Å². The van der Waals surface area contributed by atoms with Crippen molar-refractivity contribution in [3.8, 4) is 17.2 Å². The molecule has 6 heteroatoms. The van der Waals surface area contributed by atoms with Crippen LogP contribution < -0.4 is 19.5 Å². The third-order valence-corrected chi connectivity index (χ3v) is 5.60. The Bertz CT molecular complexity index is 835. The highest BCUT2D eigenvalue weighted by molar-refractivity contribution is 5.81. The van der Waals surface area contributed by atoms with Gasteiger partial charge >= 0.3 is 0 Å². The summed E-state index contributed by atoms with van der Waals surface area (Å²) in [5, 5.41) is 3.09. The first-order valence-electron chi connectivity index (χ1n) is 10.3. The molecule has 0 spiro atoms. The van der Waals surface area contributed by atoms with Crippen molar-refractivity contribution in [3.05, 3.63) is 54.1 Å². The molecule has 2 aliphatic rings. The van der Waals surface area contributed by atoms with E-state index in [-0.39, 0.29) is 18.6 Å². The van der Waals surface area contributed by atoms with E-state index in [2.05, 4.69) is 16.3 Å². The summed E-state index contributed by atoms with van der Waals surface area (Å²) in [6.45, 7) is 2.76. The van der Waals surface area contributed by atoms with Crippen LogP contribution in [0.25, 0.3) is 0 Å². The second-order valence-corrected chi connectivity index (χ2v) is 7.46. The van der Waals surface area contributed by atoms with E-state index in [1.165, 1.54) is 19.3 Å². The van der Waals surface area contributed by atoms with Crippen LogP contribution in [0.2, 0.25) is 0 Å². The molecule has 2 unspecified atom stereocenters. The van der Waals surface area contributed by atoms with Gasteiger partial charge in [-0.15, -0.1) is 0 Å². The van der Waals surface area contributed by atoms with E-state index in [4.69, 9.17) is 14.2 Å². The zero-order chi connectivity index (χ0) is 20.1. The summed E-state index contributed by atoms with van der Waals surface area (Å²) in [6.07, 6.45) is 2.96. The second-order valence-electron chi connectivity index (χ2n) is 7.46. The summed E-state index contributed by atoms with van der Waals surface area (Å²) in [5.41, 5.74) is 1.10. The van der Waals surface area contributed by atoms with Crippen LogP contribution in [0.1, 0.15) is 30.9 Å². The molecule has 154 valence electrons. The van der Waals surface area contributed by atoms with Gasteiger partial charge in [-0.3, -0.25) is 9.69 Å². The molecule has 1 amide bonds. The van der Waals surface area contributed by atoms with Gasteiger partial charge in [0.25, 0.3) is 5.91 Å². The maximum Gasteiger partial charge on any atom is 0.264 e. The van der Waals surface area contributed by atoms with Gasteiger partial charge in [-0.1, -0.05) is 36.8 Å². The van der Waals surface area contributed by atoms with Gasteiger partial charge in [0, 0.05) is 12.1 Å². The van der Waals surface area contributed by atoms with Gasteiger partial charge < -0.3 is 19.5 Å². The number of amides is 1. The van der Waals surface area contributed by atoms with Crippen LogP contribution in [-0.2, 0) is 4.79 Å². The third-order valence-electron chi connectivity index (χ3n) is 5.60. The van der Waals surface area contributed by atoms with E-state index < -0.39 is 6.10 Å². The van der Waals surface area contributed by atoms with Gasteiger partial charge in [0.1, 0.15) is 12.4 Å². The fourth-order valence-electron chi connectivity index (χ4n) is 4.07. The number of methoxy groups -OCH3 is 1. The molecule has 0 aliphatic carbocycles. The molecular weight excluding hydrogens is 368 g/mol. The second kappa shape index (κ2) is 9.18. The van der Waals surface area contributed by atoms with Gasteiger partial charge in [-0.05, 0) is 44.1 Å². The highest BCUT2D eigenvalue weighted by atomic mass is 16.6. The average molecular weight is 396 g/mol. The highest BCUT2D eigenvalue weighted by Crippen LogP contribution is 2.32. The lowest BCUT2D eigenvalue weighted by Gasteiger charge is -2.36. The SMILES string of the molecule is COc1ccccc1C(CNC(=O)C1COc2ccccc2O1)N1CCCCC1. The number of ether oxygens (including phenoxy) is 3. The van der Waals surface area contributed by atoms with Crippen LogP contribution >= 0.6 is 0 Å². The Hall–Kier alpha value is -2.73. The van der Waals surface area contributed by atoms with Crippen molar-refractivity contribution in [3.63, 3.8) is 0 Å². The Kier molecular flexibility index (Phi) is 6.20. The molecule has 0 saturated carbocycles. The summed E-state index contributed by atoms with van der Waals surface area (Å²) in [7, 11) is 1.69. The van der Waals surface area contributed by atoms with Gasteiger partial charge in [0.15, 0.2) is 11.5 Å². The number of carbonyl (C=O) groups excluding carboxylic acids is 1. The minimum Gasteiger partial charge on any atom is -0.496 e. The summed E-state index contributed by atoms with van der Waals surface area (Å²) < 4.78 is 17.1. The molecule has 1 saturated heterocycles. The van der Waals surface area contributed by atoms with E-state index in [1.54, 1.807) is 7.11 Å². The number of nitrogens with one attached hydrogen (secondary N) is 1. The number of piperidine rings is 1. The molecule has 2 atom stereocenters. The van der Waals surface area contributed by atoms with Crippen molar-refractivity contribution in [2.45, 2.75) is 31.4 Å². The number of para-hydroxylation sites is 3. The number of hydrogen-bond acceptors (Lipinski definition) is 5. The van der Waals surface area contributed by atoms with Crippen molar-refractivity contribution in [1.82, 2.24) is 10.2 Å². The fourth-order valence-corrected chi connectivity index (χ4v) is 4.07. The first-order chi connectivity index (χ1) is 14.3. The minimum absolute atomic E-state index is 0.0622. The Labute approximate surface area is 171 Å². The predicted octanol–water partition coefficient (Wildman–Crippen LogP) is 3.18. The standard InChI is InChI=1S/C23H28N2O4/c1-27-19-10-4-3-9-17(19)18(25-13-7-2-8-14-25)15-24-23(26)22-16-28-20-11-5-6-12-21(20)29-22/h3-6,9-12,18,22H,2,7-8,13-16H2,1H3,(H,24,26). The first kappa shape index (κ1) is 19.6. The monoisotopic (exact) mass is 396 g/mol. The fraction of sp³-hybridized carbons (Fsp3) is 0.435.